The van der Waals surface area contributed by atoms with Crippen molar-refractivity contribution in [1.29, 1.82) is 0 Å². The Bertz CT molecular complexity index is 321. The number of hydrogen-bond acceptors (Lipinski definition) is 4. The van der Waals surface area contributed by atoms with Gasteiger partial charge in [-0.15, -0.1) is 11.3 Å². The van der Waals surface area contributed by atoms with Crippen molar-refractivity contribution in [2.24, 2.45) is 0 Å². The van der Waals surface area contributed by atoms with Crippen LogP contribution in [0.2, 0.25) is 0 Å². The molecular formula is C8H11NO3S. The second-order valence-electron chi connectivity index (χ2n) is 2.65. The quantitative estimate of drug-likeness (QED) is 0.810. The van der Waals surface area contributed by atoms with E-state index in [0.29, 0.717) is 15.6 Å². The third-order valence-electron chi connectivity index (χ3n) is 1.71. The van der Waals surface area contributed by atoms with Crippen molar-refractivity contribution in [3.63, 3.8) is 0 Å². The Kier molecular flexibility index (Phi) is 3.00. The lowest BCUT2D eigenvalue weighted by molar-refractivity contribution is 0.0701. The highest BCUT2D eigenvalue weighted by Crippen LogP contribution is 2.24. The molecule has 0 aliphatic carbocycles. The number of carbonyl (C=O) groups is 1. The van der Waals surface area contributed by atoms with Gasteiger partial charge in [0.1, 0.15) is 16.0 Å². The highest BCUT2D eigenvalue weighted by atomic mass is 32.1. The van der Waals surface area contributed by atoms with Crippen molar-refractivity contribution in [2.75, 3.05) is 7.11 Å². The van der Waals surface area contributed by atoms with E-state index in [4.69, 9.17) is 9.84 Å². The second-order valence-corrected chi connectivity index (χ2v) is 3.68. The summed E-state index contributed by atoms with van der Waals surface area (Å²) in [5, 5.41) is 9.47. The molecule has 13 heavy (non-hydrogen) atoms. The van der Waals surface area contributed by atoms with E-state index in [9.17, 15) is 4.79 Å². The van der Waals surface area contributed by atoms with Gasteiger partial charge < -0.3 is 9.84 Å². The van der Waals surface area contributed by atoms with Crippen molar-refractivity contribution in [3.8, 4) is 0 Å². The topological polar surface area (TPSA) is 59.4 Å². The number of ether oxygens (including phenoxy) is 1. The number of hydrogen-bond donors (Lipinski definition) is 1. The van der Waals surface area contributed by atoms with E-state index in [-0.39, 0.29) is 6.10 Å². The summed E-state index contributed by atoms with van der Waals surface area (Å²) in [6.07, 6.45) is -0.142. The number of aromatic nitrogens is 1. The zero-order chi connectivity index (χ0) is 10.0. The molecule has 1 rings (SSSR count). The lowest BCUT2D eigenvalue weighted by atomic mass is 10.4. The highest BCUT2D eigenvalue weighted by Gasteiger charge is 2.17. The van der Waals surface area contributed by atoms with Crippen molar-refractivity contribution in [2.45, 2.75) is 20.0 Å². The maximum Gasteiger partial charge on any atom is 0.347 e. The minimum absolute atomic E-state index is 0.142. The molecule has 0 radical (unpaired) electrons. The Hall–Kier alpha value is -0.940. The fourth-order valence-electron chi connectivity index (χ4n) is 0.890. The van der Waals surface area contributed by atoms with Gasteiger partial charge in [-0.25, -0.2) is 9.78 Å². The number of carboxylic acids is 1. The standard InChI is InChI=1S/C8H11NO3S/c1-4-6(8(10)11)13-7(9-4)5(2)12-3/h5H,1-3H3,(H,10,11)/t5-/m1/s1. The molecule has 4 nitrogen and oxygen atoms in total. The van der Waals surface area contributed by atoms with E-state index in [0.717, 1.165) is 11.3 Å². The monoisotopic (exact) mass is 201 g/mol. The predicted octanol–water partition coefficient (Wildman–Crippen LogP) is 1.86. The van der Waals surface area contributed by atoms with Crippen LogP contribution in [0.5, 0.6) is 0 Å². The molecule has 0 fully saturated rings. The van der Waals surface area contributed by atoms with Crippen molar-refractivity contribution in [1.82, 2.24) is 4.98 Å². The Morgan fingerprint density at radius 3 is 2.69 bits per heavy atom. The van der Waals surface area contributed by atoms with Gasteiger partial charge >= 0.3 is 5.97 Å². The number of thiazole rings is 1. The molecule has 0 amide bonds. The Labute approximate surface area is 80.2 Å². The molecule has 0 saturated heterocycles. The number of aryl methyl sites for hydroxylation is 1. The van der Waals surface area contributed by atoms with Gasteiger partial charge in [-0.2, -0.15) is 0 Å². The van der Waals surface area contributed by atoms with E-state index in [1.807, 2.05) is 6.92 Å². The van der Waals surface area contributed by atoms with Gasteiger partial charge in [0.2, 0.25) is 0 Å². The van der Waals surface area contributed by atoms with Crippen molar-refractivity contribution < 1.29 is 14.6 Å². The lowest BCUT2D eigenvalue weighted by Gasteiger charge is -2.02. The summed E-state index contributed by atoms with van der Waals surface area (Å²) in [5.41, 5.74) is 0.552. The van der Waals surface area contributed by atoms with E-state index in [1.165, 1.54) is 0 Å². The molecule has 72 valence electrons. The molecule has 0 unspecified atom stereocenters. The van der Waals surface area contributed by atoms with Crippen molar-refractivity contribution in [3.05, 3.63) is 15.6 Å². The molecule has 1 atom stereocenters. The fraction of sp³-hybridized carbons (Fsp3) is 0.500. The van der Waals surface area contributed by atoms with Crippen LogP contribution in [0.25, 0.3) is 0 Å². The summed E-state index contributed by atoms with van der Waals surface area (Å²) in [6.45, 7) is 3.52. The average molecular weight is 201 g/mol. The van der Waals surface area contributed by atoms with Crippen molar-refractivity contribution >= 4 is 17.3 Å². The summed E-state index contributed by atoms with van der Waals surface area (Å²) in [4.78, 5) is 15.1. The van der Waals surface area contributed by atoms with Crippen LogP contribution in [0, 0.1) is 6.92 Å². The first-order valence-corrected chi connectivity index (χ1v) is 4.61. The summed E-state index contributed by atoms with van der Waals surface area (Å²) < 4.78 is 5.04. The fourth-order valence-corrected chi connectivity index (χ4v) is 1.82. The second kappa shape index (κ2) is 3.85. The minimum Gasteiger partial charge on any atom is -0.477 e. The molecule has 1 heterocycles. The van der Waals surface area contributed by atoms with Crippen LogP contribution >= 0.6 is 11.3 Å². The number of rotatable bonds is 3. The van der Waals surface area contributed by atoms with Gasteiger partial charge in [0.25, 0.3) is 0 Å². The first-order valence-electron chi connectivity index (χ1n) is 3.79. The minimum atomic E-state index is -0.926. The number of aromatic carboxylic acids is 1. The van der Waals surface area contributed by atoms with Gasteiger partial charge in [0.05, 0.1) is 5.69 Å². The molecular weight excluding hydrogens is 190 g/mol. The van der Waals surface area contributed by atoms with Crippen LogP contribution in [0.15, 0.2) is 0 Å². The van der Waals surface area contributed by atoms with Gasteiger partial charge in [0.15, 0.2) is 0 Å². The van der Waals surface area contributed by atoms with Gasteiger partial charge in [-0.05, 0) is 13.8 Å². The molecule has 0 aliphatic rings. The third-order valence-corrected chi connectivity index (χ3v) is 3.02. The SMILES string of the molecule is CO[C@H](C)c1nc(C)c(C(=O)O)s1. The maximum absolute atomic E-state index is 10.7. The highest BCUT2D eigenvalue weighted by molar-refractivity contribution is 7.13. The molecule has 1 aromatic rings. The Morgan fingerprint density at radius 2 is 2.31 bits per heavy atom. The van der Waals surface area contributed by atoms with Crippen LogP contribution in [-0.4, -0.2) is 23.2 Å². The van der Waals surface area contributed by atoms with Crippen LogP contribution in [0.1, 0.15) is 33.4 Å². The largest absolute Gasteiger partial charge is 0.477 e. The van der Waals surface area contributed by atoms with Crippen LogP contribution in [0.4, 0.5) is 0 Å². The lowest BCUT2D eigenvalue weighted by Crippen LogP contribution is -1.94. The molecule has 0 aliphatic heterocycles. The average Bonchev–Trinajstić information content (AvgIpc) is 2.46. The molecule has 0 aromatic carbocycles. The third kappa shape index (κ3) is 2.05. The van der Waals surface area contributed by atoms with E-state index >= 15 is 0 Å². The zero-order valence-electron chi connectivity index (χ0n) is 7.70. The Balaban J connectivity index is 3.01. The predicted molar refractivity (Wildman–Crippen MR) is 49.2 cm³/mol. The van der Waals surface area contributed by atoms with Gasteiger partial charge in [-0.1, -0.05) is 0 Å². The first kappa shape index (κ1) is 10.1. The molecule has 1 aromatic heterocycles. The smallest absolute Gasteiger partial charge is 0.347 e. The summed E-state index contributed by atoms with van der Waals surface area (Å²) in [6, 6.07) is 0. The number of carboxylic acid groups (broad SMARTS) is 1. The summed E-state index contributed by atoms with van der Waals surface area (Å²) in [7, 11) is 1.57. The summed E-state index contributed by atoms with van der Waals surface area (Å²) in [5.74, 6) is -0.926. The van der Waals surface area contributed by atoms with Crippen LogP contribution in [0.3, 0.4) is 0 Å². The molecule has 0 saturated carbocycles. The Morgan fingerprint density at radius 1 is 1.69 bits per heavy atom. The van der Waals surface area contributed by atoms with Gasteiger partial charge in [0, 0.05) is 7.11 Å². The van der Waals surface area contributed by atoms with Crippen LogP contribution < -0.4 is 0 Å². The van der Waals surface area contributed by atoms with E-state index in [2.05, 4.69) is 4.98 Å². The van der Waals surface area contributed by atoms with E-state index in [1.54, 1.807) is 14.0 Å². The molecule has 0 spiro atoms. The molecule has 1 N–H and O–H groups in total. The normalized spacial score (nSPS) is 12.8. The number of methoxy groups -OCH3 is 1. The molecule has 0 bridgehead atoms. The van der Waals surface area contributed by atoms with E-state index < -0.39 is 5.97 Å². The summed E-state index contributed by atoms with van der Waals surface area (Å²) >= 11 is 1.16. The molecule has 5 heteroatoms. The number of nitrogens with zero attached hydrogens (tertiary/aromatic N) is 1. The van der Waals surface area contributed by atoms with Gasteiger partial charge in [-0.3, -0.25) is 0 Å². The zero-order valence-corrected chi connectivity index (χ0v) is 8.51. The van der Waals surface area contributed by atoms with Crippen LogP contribution in [-0.2, 0) is 4.74 Å². The first-order chi connectivity index (χ1) is 6.06. The maximum atomic E-state index is 10.7.